The summed E-state index contributed by atoms with van der Waals surface area (Å²) in [7, 11) is 0. The van der Waals surface area contributed by atoms with Crippen molar-refractivity contribution in [3.63, 3.8) is 0 Å². The molecule has 1 aromatic rings. The third-order valence-corrected chi connectivity index (χ3v) is 3.02. The average Bonchev–Trinajstić information content (AvgIpc) is 2.26. The number of rotatable bonds is 6. The molecule has 0 amide bonds. The Labute approximate surface area is 109 Å². The standard InChI is InChI=1S/C15H23NO2/c1-11(2)9-13(4)16(10-15(17)18)14-7-5-12(3)6-8-14/h5-8,11,13H,9-10H2,1-4H3,(H,17,18). The molecule has 0 aliphatic rings. The number of hydrogen-bond acceptors (Lipinski definition) is 2. The summed E-state index contributed by atoms with van der Waals surface area (Å²) in [5, 5.41) is 9.04. The summed E-state index contributed by atoms with van der Waals surface area (Å²) in [5.41, 5.74) is 2.17. The summed E-state index contributed by atoms with van der Waals surface area (Å²) < 4.78 is 0. The molecule has 0 radical (unpaired) electrons. The Bertz CT molecular complexity index is 384. The van der Waals surface area contributed by atoms with Gasteiger partial charge in [0.1, 0.15) is 6.54 Å². The summed E-state index contributed by atoms with van der Waals surface area (Å²) in [6, 6.07) is 8.26. The van der Waals surface area contributed by atoms with Crippen LogP contribution in [0.25, 0.3) is 0 Å². The van der Waals surface area contributed by atoms with E-state index in [-0.39, 0.29) is 12.6 Å². The van der Waals surface area contributed by atoms with Gasteiger partial charge >= 0.3 is 5.97 Å². The van der Waals surface area contributed by atoms with Crippen LogP contribution in [0.1, 0.15) is 32.8 Å². The van der Waals surface area contributed by atoms with Crippen molar-refractivity contribution in [3.8, 4) is 0 Å². The highest BCUT2D eigenvalue weighted by Gasteiger charge is 2.18. The first-order valence-electron chi connectivity index (χ1n) is 6.45. The molecule has 1 unspecified atom stereocenters. The third kappa shape index (κ3) is 4.40. The number of aryl methyl sites for hydroxylation is 1. The maximum absolute atomic E-state index is 11.0. The second-order valence-electron chi connectivity index (χ2n) is 5.34. The van der Waals surface area contributed by atoms with Crippen molar-refractivity contribution in [2.75, 3.05) is 11.4 Å². The minimum Gasteiger partial charge on any atom is -0.480 e. The van der Waals surface area contributed by atoms with Crippen LogP contribution >= 0.6 is 0 Å². The molecule has 1 aromatic carbocycles. The van der Waals surface area contributed by atoms with E-state index in [1.165, 1.54) is 5.56 Å². The molecule has 1 atom stereocenters. The Balaban J connectivity index is 2.89. The van der Waals surface area contributed by atoms with Gasteiger partial charge in [0.05, 0.1) is 0 Å². The second-order valence-corrected chi connectivity index (χ2v) is 5.34. The van der Waals surface area contributed by atoms with Gasteiger partial charge in [-0.1, -0.05) is 31.5 Å². The monoisotopic (exact) mass is 249 g/mol. The fraction of sp³-hybridized carbons (Fsp3) is 0.533. The van der Waals surface area contributed by atoms with Gasteiger partial charge in [-0.15, -0.1) is 0 Å². The summed E-state index contributed by atoms with van der Waals surface area (Å²) in [4.78, 5) is 13.0. The van der Waals surface area contributed by atoms with Crippen LogP contribution in [0.2, 0.25) is 0 Å². The maximum Gasteiger partial charge on any atom is 0.323 e. The lowest BCUT2D eigenvalue weighted by Gasteiger charge is -2.31. The molecule has 0 aliphatic heterocycles. The van der Waals surface area contributed by atoms with Crippen LogP contribution < -0.4 is 4.90 Å². The van der Waals surface area contributed by atoms with Crippen molar-refractivity contribution in [2.45, 2.75) is 40.2 Å². The number of aliphatic carboxylic acids is 1. The Kier molecular flexibility index (Phi) is 5.20. The number of carbonyl (C=O) groups is 1. The molecule has 0 heterocycles. The number of carboxylic acids is 1. The number of carboxylic acid groups (broad SMARTS) is 1. The summed E-state index contributed by atoms with van der Waals surface area (Å²) in [6.07, 6.45) is 0.987. The van der Waals surface area contributed by atoms with Crippen LogP contribution in [0, 0.1) is 12.8 Å². The largest absolute Gasteiger partial charge is 0.480 e. The van der Waals surface area contributed by atoms with Crippen LogP contribution in [0.3, 0.4) is 0 Å². The molecule has 0 saturated heterocycles. The highest BCUT2D eigenvalue weighted by Crippen LogP contribution is 2.21. The highest BCUT2D eigenvalue weighted by atomic mass is 16.4. The molecule has 0 saturated carbocycles. The van der Waals surface area contributed by atoms with Crippen LogP contribution in [-0.4, -0.2) is 23.7 Å². The lowest BCUT2D eigenvalue weighted by molar-refractivity contribution is -0.135. The summed E-state index contributed by atoms with van der Waals surface area (Å²) in [5.74, 6) is -0.229. The van der Waals surface area contributed by atoms with Gasteiger partial charge in [0.2, 0.25) is 0 Å². The zero-order chi connectivity index (χ0) is 13.7. The number of hydrogen-bond donors (Lipinski definition) is 1. The Hall–Kier alpha value is -1.51. The van der Waals surface area contributed by atoms with Gasteiger partial charge in [0.15, 0.2) is 0 Å². The predicted octanol–water partition coefficient (Wildman–Crippen LogP) is 3.32. The summed E-state index contributed by atoms with van der Waals surface area (Å²) in [6.45, 7) is 8.48. The van der Waals surface area contributed by atoms with Gasteiger partial charge in [0.25, 0.3) is 0 Å². The molecular weight excluding hydrogens is 226 g/mol. The molecule has 100 valence electrons. The Morgan fingerprint density at radius 3 is 2.22 bits per heavy atom. The van der Waals surface area contributed by atoms with Gasteiger partial charge in [-0.25, -0.2) is 0 Å². The van der Waals surface area contributed by atoms with Crippen LogP contribution in [0.5, 0.6) is 0 Å². The lowest BCUT2D eigenvalue weighted by atomic mass is 10.0. The second kappa shape index (κ2) is 6.43. The molecule has 0 fully saturated rings. The number of benzene rings is 1. The first-order valence-corrected chi connectivity index (χ1v) is 6.45. The number of nitrogens with zero attached hydrogens (tertiary/aromatic N) is 1. The first kappa shape index (κ1) is 14.6. The smallest absolute Gasteiger partial charge is 0.323 e. The zero-order valence-corrected chi connectivity index (χ0v) is 11.7. The molecule has 3 heteroatoms. The molecule has 1 rings (SSSR count). The van der Waals surface area contributed by atoms with Crippen molar-refractivity contribution in [1.29, 1.82) is 0 Å². The van der Waals surface area contributed by atoms with E-state index >= 15 is 0 Å². The van der Waals surface area contributed by atoms with E-state index in [0.29, 0.717) is 5.92 Å². The first-order chi connectivity index (χ1) is 8.40. The van der Waals surface area contributed by atoms with Crippen LogP contribution in [0.15, 0.2) is 24.3 Å². The van der Waals surface area contributed by atoms with Crippen molar-refractivity contribution in [1.82, 2.24) is 0 Å². The summed E-state index contributed by atoms with van der Waals surface area (Å²) >= 11 is 0. The molecule has 3 nitrogen and oxygen atoms in total. The maximum atomic E-state index is 11.0. The van der Waals surface area contributed by atoms with Gasteiger partial charge < -0.3 is 10.0 Å². The zero-order valence-electron chi connectivity index (χ0n) is 11.7. The Morgan fingerprint density at radius 2 is 1.78 bits per heavy atom. The molecule has 0 aliphatic carbocycles. The van der Waals surface area contributed by atoms with Crippen molar-refractivity contribution in [3.05, 3.63) is 29.8 Å². The average molecular weight is 249 g/mol. The lowest BCUT2D eigenvalue weighted by Crippen LogP contribution is -2.38. The van der Waals surface area contributed by atoms with E-state index in [9.17, 15) is 4.79 Å². The van der Waals surface area contributed by atoms with Gasteiger partial charge in [0, 0.05) is 11.7 Å². The SMILES string of the molecule is Cc1ccc(N(CC(=O)O)C(C)CC(C)C)cc1. The van der Waals surface area contributed by atoms with Gasteiger partial charge in [-0.05, 0) is 38.3 Å². The molecular formula is C15H23NO2. The van der Waals surface area contributed by atoms with Gasteiger partial charge in [-0.3, -0.25) is 4.79 Å². The highest BCUT2D eigenvalue weighted by molar-refractivity contribution is 5.74. The number of anilines is 1. The predicted molar refractivity (Wildman–Crippen MR) is 75.1 cm³/mol. The van der Waals surface area contributed by atoms with Crippen molar-refractivity contribution >= 4 is 11.7 Å². The van der Waals surface area contributed by atoms with Crippen molar-refractivity contribution in [2.24, 2.45) is 5.92 Å². The van der Waals surface area contributed by atoms with E-state index in [1.807, 2.05) is 36.1 Å². The normalized spacial score (nSPS) is 12.5. The molecule has 18 heavy (non-hydrogen) atoms. The molecule has 1 N–H and O–H groups in total. The minimum atomic E-state index is -0.786. The quantitative estimate of drug-likeness (QED) is 0.840. The van der Waals surface area contributed by atoms with E-state index < -0.39 is 5.97 Å². The van der Waals surface area contributed by atoms with E-state index in [1.54, 1.807) is 0 Å². The van der Waals surface area contributed by atoms with Gasteiger partial charge in [-0.2, -0.15) is 0 Å². The van der Waals surface area contributed by atoms with Crippen LogP contribution in [0.4, 0.5) is 5.69 Å². The molecule has 0 aromatic heterocycles. The molecule has 0 bridgehead atoms. The van der Waals surface area contributed by atoms with Crippen molar-refractivity contribution < 1.29 is 9.90 Å². The minimum absolute atomic E-state index is 0.0525. The fourth-order valence-corrected chi connectivity index (χ4v) is 2.19. The topological polar surface area (TPSA) is 40.5 Å². The van der Waals surface area contributed by atoms with E-state index in [0.717, 1.165) is 12.1 Å². The third-order valence-electron chi connectivity index (χ3n) is 3.02. The van der Waals surface area contributed by atoms with Crippen LogP contribution in [-0.2, 0) is 4.79 Å². The molecule has 0 spiro atoms. The fourth-order valence-electron chi connectivity index (χ4n) is 2.19. The Morgan fingerprint density at radius 1 is 1.22 bits per heavy atom. The van der Waals surface area contributed by atoms with E-state index in [4.69, 9.17) is 5.11 Å². The van der Waals surface area contributed by atoms with E-state index in [2.05, 4.69) is 20.8 Å².